The second-order valence-electron chi connectivity index (χ2n) is 2.50. The van der Waals surface area contributed by atoms with Gasteiger partial charge in [-0.1, -0.05) is 11.6 Å². The zero-order valence-electron chi connectivity index (χ0n) is 6.36. The number of carboxylic acid groups (broad SMARTS) is 1. The molecule has 1 heterocycles. The van der Waals surface area contributed by atoms with Gasteiger partial charge in [0.15, 0.2) is 0 Å². The molecule has 5 heteroatoms. The number of fused-ring (bicyclic) bond motifs is 1. The zero-order chi connectivity index (χ0) is 9.42. The van der Waals surface area contributed by atoms with Crippen LogP contribution in [0.5, 0.6) is 0 Å². The van der Waals surface area contributed by atoms with Crippen LogP contribution in [0.25, 0.3) is 0 Å². The predicted molar refractivity (Wildman–Crippen MR) is 48.4 cm³/mol. The van der Waals surface area contributed by atoms with Crippen molar-refractivity contribution in [1.82, 2.24) is 5.32 Å². The Kier molecular flexibility index (Phi) is 1.70. The standard InChI is InChI=1S/C8H4ClN2O2/c9-5-1-4(8(12)13)2-6-7(5)11-3-10-6/h1-3H,(H,12,13). The van der Waals surface area contributed by atoms with Crippen LogP contribution in [0.2, 0.25) is 5.02 Å². The van der Waals surface area contributed by atoms with E-state index < -0.39 is 5.97 Å². The summed E-state index contributed by atoms with van der Waals surface area (Å²) >= 11 is 5.78. The van der Waals surface area contributed by atoms with Crippen LogP contribution in [-0.2, 0) is 0 Å². The van der Waals surface area contributed by atoms with E-state index >= 15 is 0 Å². The number of carboxylic acids is 1. The zero-order valence-corrected chi connectivity index (χ0v) is 7.12. The highest BCUT2D eigenvalue weighted by Crippen LogP contribution is 2.36. The van der Waals surface area contributed by atoms with Crippen LogP contribution in [0.4, 0.5) is 11.4 Å². The first-order chi connectivity index (χ1) is 6.18. The van der Waals surface area contributed by atoms with Crippen LogP contribution in [0, 0.1) is 0 Å². The smallest absolute Gasteiger partial charge is 0.335 e. The third kappa shape index (κ3) is 1.25. The third-order valence-electron chi connectivity index (χ3n) is 1.67. The molecule has 0 unspecified atom stereocenters. The largest absolute Gasteiger partial charge is 0.478 e. The summed E-state index contributed by atoms with van der Waals surface area (Å²) in [4.78, 5) is 14.5. The first-order valence-electron chi connectivity index (χ1n) is 3.49. The Balaban J connectivity index is 2.60. The Bertz CT molecular complexity index is 415. The van der Waals surface area contributed by atoms with E-state index in [0.29, 0.717) is 16.4 Å². The number of hydrogen-bond acceptors (Lipinski definition) is 2. The molecule has 1 N–H and O–H groups in total. The van der Waals surface area contributed by atoms with Gasteiger partial charge in [-0.05, 0) is 12.1 Å². The van der Waals surface area contributed by atoms with Crippen LogP contribution >= 0.6 is 11.6 Å². The molecule has 1 aromatic carbocycles. The minimum absolute atomic E-state index is 0.123. The minimum Gasteiger partial charge on any atom is -0.478 e. The average Bonchev–Trinajstić information content (AvgIpc) is 2.51. The van der Waals surface area contributed by atoms with Crippen molar-refractivity contribution < 1.29 is 9.90 Å². The lowest BCUT2D eigenvalue weighted by Gasteiger charge is -2.00. The van der Waals surface area contributed by atoms with E-state index in [-0.39, 0.29) is 5.56 Å². The van der Waals surface area contributed by atoms with Crippen molar-refractivity contribution >= 4 is 35.3 Å². The molecule has 1 aliphatic rings. The molecule has 1 radical (unpaired) electrons. The highest BCUT2D eigenvalue weighted by molar-refractivity contribution is 6.34. The van der Waals surface area contributed by atoms with Crippen LogP contribution in [0.15, 0.2) is 17.1 Å². The minimum atomic E-state index is -1.02. The summed E-state index contributed by atoms with van der Waals surface area (Å²) in [6, 6.07) is 2.80. The number of benzene rings is 1. The Hall–Kier alpha value is -1.55. The monoisotopic (exact) mass is 195 g/mol. The van der Waals surface area contributed by atoms with Gasteiger partial charge in [0.05, 0.1) is 16.3 Å². The number of carbonyl (C=O) groups is 1. The van der Waals surface area contributed by atoms with Gasteiger partial charge in [0.2, 0.25) is 0 Å². The molecule has 4 nitrogen and oxygen atoms in total. The number of hydrogen-bond donors (Lipinski definition) is 1. The van der Waals surface area contributed by atoms with Crippen molar-refractivity contribution in [2.24, 2.45) is 4.99 Å². The topological polar surface area (TPSA) is 63.8 Å². The highest BCUT2D eigenvalue weighted by Gasteiger charge is 2.15. The first-order valence-corrected chi connectivity index (χ1v) is 3.86. The second-order valence-corrected chi connectivity index (χ2v) is 2.91. The SMILES string of the molecule is O=C(O)c1cc(Cl)c2c(c1)N=C[N]2. The maximum absolute atomic E-state index is 10.6. The maximum Gasteiger partial charge on any atom is 0.335 e. The summed E-state index contributed by atoms with van der Waals surface area (Å²) in [5, 5.41) is 12.9. The van der Waals surface area contributed by atoms with E-state index in [2.05, 4.69) is 10.3 Å². The third-order valence-corrected chi connectivity index (χ3v) is 1.96. The van der Waals surface area contributed by atoms with Gasteiger partial charge >= 0.3 is 5.97 Å². The summed E-state index contributed by atoms with van der Waals surface area (Å²) in [5.74, 6) is -1.02. The Labute approximate surface area is 78.9 Å². The fraction of sp³-hybridized carbons (Fsp3) is 0. The lowest BCUT2D eigenvalue weighted by atomic mass is 10.2. The summed E-state index contributed by atoms with van der Waals surface area (Å²) < 4.78 is 0. The maximum atomic E-state index is 10.6. The number of nitrogens with zero attached hydrogens (tertiary/aromatic N) is 2. The molecule has 1 aromatic rings. The van der Waals surface area contributed by atoms with E-state index in [1.54, 1.807) is 0 Å². The number of halogens is 1. The van der Waals surface area contributed by atoms with Crippen LogP contribution in [0.3, 0.4) is 0 Å². The van der Waals surface area contributed by atoms with Gasteiger partial charge in [-0.25, -0.2) is 15.1 Å². The Morgan fingerprint density at radius 1 is 1.46 bits per heavy atom. The average molecular weight is 196 g/mol. The van der Waals surface area contributed by atoms with Gasteiger partial charge in [0.1, 0.15) is 12.0 Å². The fourth-order valence-electron chi connectivity index (χ4n) is 1.08. The molecule has 0 bridgehead atoms. The van der Waals surface area contributed by atoms with E-state index in [9.17, 15) is 4.79 Å². The normalized spacial score (nSPS) is 12.4. The highest BCUT2D eigenvalue weighted by atomic mass is 35.5. The number of aliphatic imine (C=N–C) groups is 1. The van der Waals surface area contributed by atoms with Crippen molar-refractivity contribution in [3.05, 3.63) is 22.7 Å². The molecule has 1 aliphatic heterocycles. The molecule has 0 saturated carbocycles. The molecular weight excluding hydrogens is 192 g/mol. The number of aromatic carboxylic acids is 1. The van der Waals surface area contributed by atoms with Crippen LogP contribution in [0.1, 0.15) is 10.4 Å². The van der Waals surface area contributed by atoms with E-state index in [4.69, 9.17) is 16.7 Å². The summed E-state index contributed by atoms with van der Waals surface area (Å²) in [7, 11) is 0. The lowest BCUT2D eigenvalue weighted by Crippen LogP contribution is -1.96. The van der Waals surface area contributed by atoms with Gasteiger partial charge < -0.3 is 5.11 Å². The summed E-state index contributed by atoms with van der Waals surface area (Å²) in [6.45, 7) is 0. The van der Waals surface area contributed by atoms with Crippen molar-refractivity contribution in [2.75, 3.05) is 0 Å². The Morgan fingerprint density at radius 2 is 2.23 bits per heavy atom. The van der Waals surface area contributed by atoms with Gasteiger partial charge in [0.25, 0.3) is 0 Å². The fourth-order valence-corrected chi connectivity index (χ4v) is 1.35. The first kappa shape index (κ1) is 8.07. The molecule has 2 rings (SSSR count). The summed E-state index contributed by atoms with van der Waals surface area (Å²) in [6.07, 6.45) is 1.35. The second kappa shape index (κ2) is 2.74. The van der Waals surface area contributed by atoms with Crippen molar-refractivity contribution in [2.45, 2.75) is 0 Å². The molecule has 0 fully saturated rings. The Morgan fingerprint density at radius 3 is 2.92 bits per heavy atom. The molecule has 0 atom stereocenters. The van der Waals surface area contributed by atoms with Crippen LogP contribution in [-0.4, -0.2) is 17.4 Å². The lowest BCUT2D eigenvalue weighted by molar-refractivity contribution is 0.0697. The van der Waals surface area contributed by atoms with Gasteiger partial charge in [0, 0.05) is 0 Å². The van der Waals surface area contributed by atoms with Gasteiger partial charge in [-0.3, -0.25) is 0 Å². The quantitative estimate of drug-likeness (QED) is 0.744. The van der Waals surface area contributed by atoms with Crippen molar-refractivity contribution in [1.29, 1.82) is 0 Å². The molecule has 0 spiro atoms. The van der Waals surface area contributed by atoms with E-state index in [0.717, 1.165) is 0 Å². The molecular formula is C8H4ClN2O2. The van der Waals surface area contributed by atoms with Crippen molar-refractivity contribution in [3.63, 3.8) is 0 Å². The van der Waals surface area contributed by atoms with Gasteiger partial charge in [-0.15, -0.1) is 0 Å². The van der Waals surface area contributed by atoms with E-state index in [1.165, 1.54) is 18.5 Å². The molecule has 0 amide bonds. The molecule has 65 valence electrons. The van der Waals surface area contributed by atoms with Crippen LogP contribution < -0.4 is 5.32 Å². The van der Waals surface area contributed by atoms with Crippen molar-refractivity contribution in [3.8, 4) is 0 Å². The molecule has 0 aliphatic carbocycles. The molecule has 13 heavy (non-hydrogen) atoms. The molecule has 0 saturated heterocycles. The van der Waals surface area contributed by atoms with Gasteiger partial charge in [-0.2, -0.15) is 0 Å². The summed E-state index contributed by atoms with van der Waals surface area (Å²) in [5.41, 5.74) is 1.16. The molecule has 0 aromatic heterocycles. The van der Waals surface area contributed by atoms with E-state index in [1.807, 2.05) is 0 Å². The number of rotatable bonds is 1. The predicted octanol–water partition coefficient (Wildman–Crippen LogP) is 1.95.